The molecule has 0 aromatic carbocycles. The molecule has 1 amide bonds. The fraction of sp³-hybridized carbons (Fsp3) is 0.875. The Hall–Kier alpha value is -1.30. The quantitative estimate of drug-likeness (QED) is 0.351. The van der Waals surface area contributed by atoms with Gasteiger partial charge in [-0.1, -0.05) is 6.92 Å². The molecule has 3 N–H and O–H groups in total. The minimum absolute atomic E-state index is 0.178. The molecular formula is C16H31N5O. The lowest BCUT2D eigenvalue weighted by Crippen LogP contribution is -2.45. The minimum Gasteiger partial charge on any atom is -0.356 e. The van der Waals surface area contributed by atoms with Crippen LogP contribution in [0.25, 0.3) is 0 Å². The number of carbonyl (C=O) groups is 1. The van der Waals surface area contributed by atoms with Crippen LogP contribution in [0.5, 0.6) is 0 Å². The number of likely N-dealkylation sites (N-methyl/N-ethyl adjacent to an activating group) is 1. The van der Waals surface area contributed by atoms with Crippen LogP contribution in [0.4, 0.5) is 0 Å². The Labute approximate surface area is 134 Å². The molecule has 1 unspecified atom stereocenters. The predicted molar refractivity (Wildman–Crippen MR) is 90.0 cm³/mol. The van der Waals surface area contributed by atoms with Crippen LogP contribution in [0.2, 0.25) is 0 Å². The van der Waals surface area contributed by atoms with Crippen LogP contribution in [0.15, 0.2) is 4.99 Å². The molecule has 0 bridgehead atoms. The topological polar surface area (TPSA) is 68.8 Å². The van der Waals surface area contributed by atoms with Gasteiger partial charge < -0.3 is 16.0 Å². The van der Waals surface area contributed by atoms with E-state index < -0.39 is 0 Å². The largest absolute Gasteiger partial charge is 0.356 e. The number of guanidine groups is 1. The third-order valence-corrected chi connectivity index (χ3v) is 4.45. The number of likely N-dealkylation sites (tertiary alicyclic amines) is 1. The lowest BCUT2D eigenvalue weighted by Gasteiger charge is -2.23. The maximum absolute atomic E-state index is 11.6. The molecule has 0 aromatic rings. The molecule has 1 aliphatic heterocycles. The van der Waals surface area contributed by atoms with E-state index in [2.05, 4.69) is 32.8 Å². The van der Waals surface area contributed by atoms with Crippen molar-refractivity contribution in [2.24, 2.45) is 4.99 Å². The van der Waals surface area contributed by atoms with Crippen LogP contribution in [0, 0.1) is 0 Å². The van der Waals surface area contributed by atoms with Gasteiger partial charge in [0.2, 0.25) is 5.91 Å². The van der Waals surface area contributed by atoms with E-state index in [1.165, 1.54) is 19.4 Å². The maximum atomic E-state index is 11.6. The number of aliphatic imine (C=N–C) groups is 1. The molecule has 2 aliphatic rings. The van der Waals surface area contributed by atoms with E-state index in [0.29, 0.717) is 18.5 Å². The van der Waals surface area contributed by atoms with Gasteiger partial charge in [-0.25, -0.2) is 0 Å². The highest BCUT2D eigenvalue weighted by molar-refractivity contribution is 5.80. The first-order valence-electron chi connectivity index (χ1n) is 8.71. The number of hydrogen-bond donors (Lipinski definition) is 3. The Kier molecular flexibility index (Phi) is 6.96. The first-order valence-corrected chi connectivity index (χ1v) is 8.71. The van der Waals surface area contributed by atoms with Crippen LogP contribution in [0.1, 0.15) is 45.4 Å². The average molecular weight is 309 g/mol. The normalized spacial score (nSPS) is 22.6. The van der Waals surface area contributed by atoms with Crippen molar-refractivity contribution in [1.29, 1.82) is 0 Å². The number of nitrogens with one attached hydrogen (secondary N) is 3. The fourth-order valence-electron chi connectivity index (χ4n) is 2.96. The summed E-state index contributed by atoms with van der Waals surface area (Å²) in [6.45, 7) is 6.27. The average Bonchev–Trinajstić information content (AvgIpc) is 3.21. The minimum atomic E-state index is 0.178. The van der Waals surface area contributed by atoms with Gasteiger partial charge in [-0.3, -0.25) is 14.7 Å². The fourth-order valence-corrected chi connectivity index (χ4v) is 2.96. The summed E-state index contributed by atoms with van der Waals surface area (Å²) < 4.78 is 0. The third kappa shape index (κ3) is 5.83. The zero-order chi connectivity index (χ0) is 15.8. The van der Waals surface area contributed by atoms with Crippen LogP contribution in [-0.4, -0.2) is 62.1 Å². The van der Waals surface area contributed by atoms with Crippen molar-refractivity contribution in [3.8, 4) is 0 Å². The smallest absolute Gasteiger partial charge is 0.220 e. The summed E-state index contributed by atoms with van der Waals surface area (Å²) in [5, 5.41) is 9.70. The zero-order valence-electron chi connectivity index (χ0n) is 14.0. The van der Waals surface area contributed by atoms with Gasteiger partial charge in [0.15, 0.2) is 5.96 Å². The van der Waals surface area contributed by atoms with E-state index in [1.807, 2.05) is 0 Å². The van der Waals surface area contributed by atoms with Gasteiger partial charge in [-0.15, -0.1) is 0 Å². The molecule has 1 aliphatic carbocycles. The molecule has 126 valence electrons. The molecule has 1 saturated heterocycles. The summed E-state index contributed by atoms with van der Waals surface area (Å²) in [6, 6.07) is 1.08. The summed E-state index contributed by atoms with van der Waals surface area (Å²) in [6.07, 6.45) is 6.28. The van der Waals surface area contributed by atoms with Crippen molar-refractivity contribution in [2.75, 3.05) is 33.2 Å². The first kappa shape index (κ1) is 17.1. The van der Waals surface area contributed by atoms with Gasteiger partial charge in [-0.2, -0.15) is 0 Å². The second-order valence-corrected chi connectivity index (χ2v) is 6.25. The van der Waals surface area contributed by atoms with E-state index in [4.69, 9.17) is 0 Å². The number of carbonyl (C=O) groups excluding carboxylic acids is 1. The number of hydrogen-bond acceptors (Lipinski definition) is 3. The van der Waals surface area contributed by atoms with Gasteiger partial charge in [0.1, 0.15) is 0 Å². The molecule has 2 fully saturated rings. The number of amides is 1. The summed E-state index contributed by atoms with van der Waals surface area (Å²) in [7, 11) is 1.79. The zero-order valence-corrected chi connectivity index (χ0v) is 14.0. The summed E-state index contributed by atoms with van der Waals surface area (Å²) >= 11 is 0. The standard InChI is InChI=1S/C16H31N5O/c1-3-21-11-5-6-14(21)12-19-16(17-2)18-10-4-7-15(22)20-13-8-9-13/h13-14H,3-12H2,1-2H3,(H,20,22)(H2,17,18,19). The first-order chi connectivity index (χ1) is 10.7. The molecule has 0 aromatic heterocycles. The molecule has 0 radical (unpaired) electrons. The van der Waals surface area contributed by atoms with E-state index in [9.17, 15) is 4.79 Å². The SMILES string of the molecule is CCN1CCCC1CNC(=NC)NCCCC(=O)NC1CC1. The van der Waals surface area contributed by atoms with Crippen molar-refractivity contribution in [2.45, 2.75) is 57.5 Å². The summed E-state index contributed by atoms with van der Waals surface area (Å²) in [4.78, 5) is 18.4. The Morgan fingerprint density at radius 1 is 1.27 bits per heavy atom. The molecular weight excluding hydrogens is 278 g/mol. The van der Waals surface area contributed by atoms with Gasteiger partial charge in [0, 0.05) is 38.6 Å². The second-order valence-electron chi connectivity index (χ2n) is 6.25. The van der Waals surface area contributed by atoms with Gasteiger partial charge >= 0.3 is 0 Å². The highest BCUT2D eigenvalue weighted by atomic mass is 16.1. The lowest BCUT2D eigenvalue weighted by molar-refractivity contribution is -0.121. The van der Waals surface area contributed by atoms with E-state index >= 15 is 0 Å². The Morgan fingerprint density at radius 2 is 2.09 bits per heavy atom. The predicted octanol–water partition coefficient (Wildman–Crippen LogP) is 0.695. The van der Waals surface area contributed by atoms with Gasteiger partial charge in [-0.05, 0) is 45.2 Å². The van der Waals surface area contributed by atoms with Crippen LogP contribution in [0.3, 0.4) is 0 Å². The lowest BCUT2D eigenvalue weighted by atomic mass is 10.2. The molecule has 1 heterocycles. The summed E-state index contributed by atoms with van der Waals surface area (Å²) in [5.41, 5.74) is 0. The van der Waals surface area contributed by atoms with Crippen LogP contribution >= 0.6 is 0 Å². The van der Waals surface area contributed by atoms with Gasteiger partial charge in [0.05, 0.1) is 0 Å². The molecule has 6 heteroatoms. The van der Waals surface area contributed by atoms with Crippen molar-refractivity contribution in [3.63, 3.8) is 0 Å². The maximum Gasteiger partial charge on any atom is 0.220 e. The van der Waals surface area contributed by atoms with E-state index in [0.717, 1.165) is 44.9 Å². The molecule has 1 saturated carbocycles. The van der Waals surface area contributed by atoms with E-state index in [-0.39, 0.29) is 5.91 Å². The molecule has 0 spiro atoms. The van der Waals surface area contributed by atoms with Crippen molar-refractivity contribution >= 4 is 11.9 Å². The molecule has 6 nitrogen and oxygen atoms in total. The Morgan fingerprint density at radius 3 is 2.77 bits per heavy atom. The molecule has 1 atom stereocenters. The van der Waals surface area contributed by atoms with Crippen LogP contribution in [-0.2, 0) is 4.79 Å². The van der Waals surface area contributed by atoms with Gasteiger partial charge in [0.25, 0.3) is 0 Å². The molecule has 22 heavy (non-hydrogen) atoms. The Bertz CT molecular complexity index is 381. The monoisotopic (exact) mass is 309 g/mol. The number of rotatable bonds is 8. The van der Waals surface area contributed by atoms with Crippen molar-refractivity contribution < 1.29 is 4.79 Å². The Balaban J connectivity index is 1.55. The van der Waals surface area contributed by atoms with E-state index in [1.54, 1.807) is 7.05 Å². The number of nitrogens with zero attached hydrogens (tertiary/aromatic N) is 2. The van der Waals surface area contributed by atoms with Crippen molar-refractivity contribution in [1.82, 2.24) is 20.9 Å². The highest BCUT2D eigenvalue weighted by Crippen LogP contribution is 2.18. The summed E-state index contributed by atoms with van der Waals surface area (Å²) in [5.74, 6) is 1.02. The highest BCUT2D eigenvalue weighted by Gasteiger charge is 2.23. The van der Waals surface area contributed by atoms with Crippen molar-refractivity contribution in [3.05, 3.63) is 0 Å². The van der Waals surface area contributed by atoms with Crippen LogP contribution < -0.4 is 16.0 Å². The third-order valence-electron chi connectivity index (χ3n) is 4.45. The molecule has 2 rings (SSSR count). The second kappa shape index (κ2) is 8.98.